The fourth-order valence-corrected chi connectivity index (χ4v) is 2.87. The Labute approximate surface area is 120 Å². The maximum atomic E-state index is 12.2. The number of hydrogen-bond acceptors (Lipinski definition) is 3. The van der Waals surface area contributed by atoms with Gasteiger partial charge < -0.3 is 10.6 Å². The topological polar surface area (TPSA) is 54.0 Å². The Morgan fingerprint density at radius 2 is 2.25 bits per heavy atom. The average Bonchev–Trinajstić information content (AvgIpc) is 3.35. The van der Waals surface area contributed by atoms with E-state index in [0.29, 0.717) is 11.0 Å². The smallest absolute Gasteiger partial charge is 0.251 e. The van der Waals surface area contributed by atoms with Gasteiger partial charge in [-0.05, 0) is 55.6 Å². The third-order valence-electron chi connectivity index (χ3n) is 4.51. The lowest BCUT2D eigenvalue weighted by atomic mass is 10.0. The number of anilines is 1. The van der Waals surface area contributed by atoms with Crippen molar-refractivity contribution in [2.24, 2.45) is 11.3 Å². The Kier molecular flexibility index (Phi) is 3.64. The van der Waals surface area contributed by atoms with E-state index in [2.05, 4.69) is 22.5 Å². The predicted octanol–water partition coefficient (Wildman–Crippen LogP) is 2.82. The summed E-state index contributed by atoms with van der Waals surface area (Å²) in [5.74, 6) is 1.68. The van der Waals surface area contributed by atoms with Gasteiger partial charge in [0.1, 0.15) is 5.82 Å². The third kappa shape index (κ3) is 2.94. The van der Waals surface area contributed by atoms with Crippen LogP contribution in [0.15, 0.2) is 18.3 Å². The summed E-state index contributed by atoms with van der Waals surface area (Å²) < 4.78 is 0. The molecule has 0 unspecified atom stereocenters. The SMILES string of the molecule is CCCNc1cc(C(=O)NCC2(C3CC3)CC2)ccn1. The maximum absolute atomic E-state index is 12.2. The molecule has 20 heavy (non-hydrogen) atoms. The van der Waals surface area contributed by atoms with Crippen molar-refractivity contribution in [2.45, 2.75) is 39.0 Å². The molecule has 2 saturated carbocycles. The average molecular weight is 273 g/mol. The summed E-state index contributed by atoms with van der Waals surface area (Å²) in [5.41, 5.74) is 1.15. The normalized spacial score (nSPS) is 19.4. The minimum atomic E-state index is 0.0267. The second-order valence-corrected chi connectivity index (χ2v) is 6.18. The molecule has 1 aromatic rings. The van der Waals surface area contributed by atoms with Crippen LogP contribution < -0.4 is 10.6 Å². The lowest BCUT2D eigenvalue weighted by Gasteiger charge is -2.15. The molecule has 2 N–H and O–H groups in total. The van der Waals surface area contributed by atoms with Crippen LogP contribution in [0.2, 0.25) is 0 Å². The second-order valence-electron chi connectivity index (χ2n) is 6.18. The van der Waals surface area contributed by atoms with Crippen molar-refractivity contribution in [1.29, 1.82) is 0 Å². The number of nitrogens with zero attached hydrogens (tertiary/aromatic N) is 1. The zero-order valence-electron chi connectivity index (χ0n) is 12.1. The number of hydrogen-bond donors (Lipinski definition) is 2. The van der Waals surface area contributed by atoms with Gasteiger partial charge in [-0.2, -0.15) is 0 Å². The summed E-state index contributed by atoms with van der Waals surface area (Å²) >= 11 is 0. The molecule has 4 nitrogen and oxygen atoms in total. The number of carbonyl (C=O) groups is 1. The van der Waals surface area contributed by atoms with Crippen LogP contribution in [0.1, 0.15) is 49.4 Å². The highest BCUT2D eigenvalue weighted by atomic mass is 16.1. The number of aromatic nitrogens is 1. The predicted molar refractivity (Wildman–Crippen MR) is 79.7 cm³/mol. The molecule has 0 radical (unpaired) electrons. The fraction of sp³-hybridized carbons (Fsp3) is 0.625. The first-order valence-electron chi connectivity index (χ1n) is 7.72. The molecule has 3 rings (SSSR count). The Bertz CT molecular complexity index is 492. The second kappa shape index (κ2) is 5.43. The zero-order valence-corrected chi connectivity index (χ0v) is 12.1. The molecule has 0 aliphatic heterocycles. The van der Waals surface area contributed by atoms with Gasteiger partial charge in [0.05, 0.1) is 0 Å². The molecule has 1 heterocycles. The zero-order chi connectivity index (χ0) is 14.0. The van der Waals surface area contributed by atoms with Gasteiger partial charge in [-0.1, -0.05) is 6.92 Å². The Balaban J connectivity index is 1.56. The van der Waals surface area contributed by atoms with Crippen LogP contribution in [0.25, 0.3) is 0 Å². The van der Waals surface area contributed by atoms with Crippen LogP contribution in [0.3, 0.4) is 0 Å². The van der Waals surface area contributed by atoms with Gasteiger partial charge in [-0.3, -0.25) is 4.79 Å². The standard InChI is InChI=1S/C16H23N3O/c1-2-8-17-14-10-12(5-9-18-14)15(20)19-11-16(6-7-16)13-3-4-13/h5,9-10,13H,2-4,6-8,11H2,1H3,(H,17,18)(H,19,20). The van der Waals surface area contributed by atoms with Crippen LogP contribution in [0, 0.1) is 11.3 Å². The van der Waals surface area contributed by atoms with Crippen molar-refractivity contribution in [3.05, 3.63) is 23.9 Å². The summed E-state index contributed by atoms with van der Waals surface area (Å²) in [6.45, 7) is 3.83. The molecule has 4 heteroatoms. The van der Waals surface area contributed by atoms with Gasteiger partial charge in [-0.15, -0.1) is 0 Å². The monoisotopic (exact) mass is 273 g/mol. The molecule has 0 saturated heterocycles. The van der Waals surface area contributed by atoms with Crippen molar-refractivity contribution in [1.82, 2.24) is 10.3 Å². The molecule has 2 fully saturated rings. The largest absolute Gasteiger partial charge is 0.370 e. The van der Waals surface area contributed by atoms with Gasteiger partial charge in [0.2, 0.25) is 0 Å². The van der Waals surface area contributed by atoms with Crippen LogP contribution in [0.4, 0.5) is 5.82 Å². The molecule has 1 amide bonds. The molecule has 0 aromatic carbocycles. The van der Waals surface area contributed by atoms with E-state index in [1.54, 1.807) is 12.3 Å². The van der Waals surface area contributed by atoms with E-state index in [9.17, 15) is 4.79 Å². The molecule has 0 atom stereocenters. The molecular weight excluding hydrogens is 250 g/mol. The van der Waals surface area contributed by atoms with E-state index in [4.69, 9.17) is 0 Å². The highest BCUT2D eigenvalue weighted by molar-refractivity contribution is 5.94. The van der Waals surface area contributed by atoms with E-state index < -0.39 is 0 Å². The summed E-state index contributed by atoms with van der Waals surface area (Å²) in [4.78, 5) is 16.4. The van der Waals surface area contributed by atoms with Crippen molar-refractivity contribution in [3.8, 4) is 0 Å². The lowest BCUT2D eigenvalue weighted by Crippen LogP contribution is -2.31. The number of nitrogens with one attached hydrogen (secondary N) is 2. The van der Waals surface area contributed by atoms with E-state index in [-0.39, 0.29) is 5.91 Å². The minimum Gasteiger partial charge on any atom is -0.370 e. The molecular formula is C16H23N3O. The summed E-state index contributed by atoms with van der Waals surface area (Å²) in [5, 5.41) is 6.32. The summed E-state index contributed by atoms with van der Waals surface area (Å²) in [7, 11) is 0. The van der Waals surface area contributed by atoms with Crippen molar-refractivity contribution >= 4 is 11.7 Å². The first-order valence-corrected chi connectivity index (χ1v) is 7.72. The molecule has 108 valence electrons. The van der Waals surface area contributed by atoms with Crippen LogP contribution >= 0.6 is 0 Å². The quantitative estimate of drug-likeness (QED) is 0.803. The fourth-order valence-electron chi connectivity index (χ4n) is 2.87. The first-order chi connectivity index (χ1) is 9.73. The van der Waals surface area contributed by atoms with Crippen molar-refractivity contribution < 1.29 is 4.79 Å². The van der Waals surface area contributed by atoms with Crippen molar-refractivity contribution in [2.75, 3.05) is 18.4 Å². The van der Waals surface area contributed by atoms with Gasteiger partial charge in [0.25, 0.3) is 5.91 Å². The minimum absolute atomic E-state index is 0.0267. The Morgan fingerprint density at radius 3 is 2.90 bits per heavy atom. The number of rotatable bonds is 7. The highest BCUT2D eigenvalue weighted by Gasteiger charge is 2.53. The lowest BCUT2D eigenvalue weighted by molar-refractivity contribution is 0.0942. The van der Waals surface area contributed by atoms with Gasteiger partial charge in [0.15, 0.2) is 0 Å². The molecule has 0 bridgehead atoms. The molecule has 1 aromatic heterocycles. The Morgan fingerprint density at radius 1 is 1.45 bits per heavy atom. The summed E-state index contributed by atoms with van der Waals surface area (Å²) in [6, 6.07) is 3.62. The van der Waals surface area contributed by atoms with Crippen molar-refractivity contribution in [3.63, 3.8) is 0 Å². The third-order valence-corrected chi connectivity index (χ3v) is 4.51. The van der Waals surface area contributed by atoms with E-state index in [1.807, 2.05) is 6.07 Å². The number of pyridine rings is 1. The van der Waals surface area contributed by atoms with Gasteiger partial charge >= 0.3 is 0 Å². The molecule has 2 aliphatic carbocycles. The van der Waals surface area contributed by atoms with E-state index in [0.717, 1.165) is 31.2 Å². The highest BCUT2D eigenvalue weighted by Crippen LogP contribution is 2.60. The van der Waals surface area contributed by atoms with Crippen LogP contribution in [0.5, 0.6) is 0 Å². The maximum Gasteiger partial charge on any atom is 0.251 e. The Hall–Kier alpha value is -1.58. The molecule has 2 aliphatic rings. The first kappa shape index (κ1) is 13.4. The molecule has 0 spiro atoms. The van der Waals surface area contributed by atoms with E-state index in [1.165, 1.54) is 25.7 Å². The summed E-state index contributed by atoms with van der Waals surface area (Å²) in [6.07, 6.45) is 8.03. The van der Waals surface area contributed by atoms with Gasteiger partial charge in [0, 0.05) is 24.8 Å². The van der Waals surface area contributed by atoms with Gasteiger partial charge in [-0.25, -0.2) is 4.98 Å². The van der Waals surface area contributed by atoms with E-state index >= 15 is 0 Å². The number of carbonyl (C=O) groups excluding carboxylic acids is 1. The van der Waals surface area contributed by atoms with Crippen LogP contribution in [-0.4, -0.2) is 24.0 Å². The number of amides is 1. The van der Waals surface area contributed by atoms with Crippen LogP contribution in [-0.2, 0) is 0 Å².